The second kappa shape index (κ2) is 2.99. The average molecular weight is 198 g/mol. The zero-order chi connectivity index (χ0) is 10.4. The molecule has 1 aliphatic carbocycles. The van der Waals surface area contributed by atoms with Crippen molar-refractivity contribution in [2.24, 2.45) is 0 Å². The van der Waals surface area contributed by atoms with E-state index in [4.69, 9.17) is 4.74 Å². The van der Waals surface area contributed by atoms with Crippen LogP contribution in [-0.2, 0) is 0 Å². The summed E-state index contributed by atoms with van der Waals surface area (Å²) in [5, 5.41) is 0. The first kappa shape index (κ1) is 8.78. The first-order valence-electron chi connectivity index (χ1n) is 5.38. The van der Waals surface area contributed by atoms with Gasteiger partial charge in [0.1, 0.15) is 11.9 Å². The van der Waals surface area contributed by atoms with Gasteiger partial charge in [-0.3, -0.25) is 0 Å². The number of rotatable bonds is 0. The minimum absolute atomic E-state index is 0.213. The number of hydrogen-bond acceptors (Lipinski definition) is 1. The number of fused-ring (bicyclic) bond motifs is 3. The van der Waals surface area contributed by atoms with Crippen molar-refractivity contribution in [1.82, 2.24) is 0 Å². The van der Waals surface area contributed by atoms with Crippen LogP contribution in [-0.4, -0.2) is 6.10 Å². The zero-order valence-corrected chi connectivity index (χ0v) is 9.03. The molecule has 76 valence electrons. The lowest BCUT2D eigenvalue weighted by atomic mass is 9.89. The smallest absolute Gasteiger partial charge is 0.128 e. The lowest BCUT2D eigenvalue weighted by Gasteiger charge is -2.16. The molecule has 1 heterocycles. The second-order valence-electron chi connectivity index (χ2n) is 4.37. The van der Waals surface area contributed by atoms with Crippen molar-refractivity contribution in [2.75, 3.05) is 0 Å². The van der Waals surface area contributed by atoms with Crippen LogP contribution in [0.15, 0.2) is 42.0 Å². The molecule has 2 aliphatic rings. The fraction of sp³-hybridized carbons (Fsp3) is 0.286. The summed E-state index contributed by atoms with van der Waals surface area (Å²) in [6.45, 7) is 4.25. The molecule has 1 heteroatoms. The van der Waals surface area contributed by atoms with Gasteiger partial charge in [0.15, 0.2) is 0 Å². The van der Waals surface area contributed by atoms with Gasteiger partial charge in [0.25, 0.3) is 0 Å². The number of ether oxygens (including phenoxy) is 1. The van der Waals surface area contributed by atoms with Crippen molar-refractivity contribution in [3.63, 3.8) is 0 Å². The van der Waals surface area contributed by atoms with E-state index in [-0.39, 0.29) is 6.10 Å². The summed E-state index contributed by atoms with van der Waals surface area (Å²) < 4.78 is 5.96. The number of aryl methyl sites for hydroxylation is 1. The zero-order valence-electron chi connectivity index (χ0n) is 9.03. The number of allylic oxidation sites excluding steroid dienone is 2. The van der Waals surface area contributed by atoms with Crippen molar-refractivity contribution < 1.29 is 4.74 Å². The SMILES string of the molecule is CC1=CC2c3cccc(C)c3OC2C=C1. The Morgan fingerprint density at radius 2 is 2.07 bits per heavy atom. The van der Waals surface area contributed by atoms with Crippen LogP contribution < -0.4 is 4.74 Å². The van der Waals surface area contributed by atoms with Gasteiger partial charge in [0.05, 0.1) is 0 Å². The minimum atomic E-state index is 0.213. The summed E-state index contributed by atoms with van der Waals surface area (Å²) in [5.41, 5.74) is 3.90. The Balaban J connectivity index is 2.14. The van der Waals surface area contributed by atoms with Gasteiger partial charge >= 0.3 is 0 Å². The third-order valence-electron chi connectivity index (χ3n) is 3.20. The number of benzene rings is 1. The molecule has 0 spiro atoms. The van der Waals surface area contributed by atoms with Gasteiger partial charge in [-0.15, -0.1) is 0 Å². The second-order valence-corrected chi connectivity index (χ2v) is 4.37. The van der Waals surface area contributed by atoms with E-state index < -0.39 is 0 Å². The lowest BCUT2D eigenvalue weighted by molar-refractivity contribution is 0.267. The fourth-order valence-corrected chi connectivity index (χ4v) is 2.41. The Bertz CT molecular complexity index is 468. The molecule has 0 fully saturated rings. The summed E-state index contributed by atoms with van der Waals surface area (Å²) in [5.74, 6) is 1.51. The molecule has 0 radical (unpaired) electrons. The number of hydrogen-bond donors (Lipinski definition) is 0. The highest BCUT2D eigenvalue weighted by atomic mass is 16.5. The Labute approximate surface area is 90.1 Å². The van der Waals surface area contributed by atoms with E-state index in [0.29, 0.717) is 5.92 Å². The molecular formula is C14H14O. The first-order valence-corrected chi connectivity index (χ1v) is 5.38. The molecule has 1 aromatic rings. The molecule has 3 rings (SSSR count). The van der Waals surface area contributed by atoms with Crippen LogP contribution in [0.2, 0.25) is 0 Å². The maximum absolute atomic E-state index is 5.96. The van der Waals surface area contributed by atoms with Crippen LogP contribution in [0.4, 0.5) is 0 Å². The molecule has 2 unspecified atom stereocenters. The normalized spacial score (nSPS) is 26.7. The molecule has 0 saturated heterocycles. The molecule has 0 bridgehead atoms. The average Bonchev–Trinajstić information content (AvgIpc) is 2.58. The predicted molar refractivity (Wildman–Crippen MR) is 61.2 cm³/mol. The van der Waals surface area contributed by atoms with E-state index in [9.17, 15) is 0 Å². The highest BCUT2D eigenvalue weighted by Gasteiger charge is 2.33. The predicted octanol–water partition coefficient (Wildman–Crippen LogP) is 3.36. The van der Waals surface area contributed by atoms with Gasteiger partial charge in [-0.2, -0.15) is 0 Å². The van der Waals surface area contributed by atoms with Gasteiger partial charge < -0.3 is 4.74 Å². The monoisotopic (exact) mass is 198 g/mol. The van der Waals surface area contributed by atoms with E-state index >= 15 is 0 Å². The largest absolute Gasteiger partial charge is 0.485 e. The molecule has 1 aliphatic heterocycles. The molecule has 0 saturated carbocycles. The molecular weight excluding hydrogens is 184 g/mol. The summed E-state index contributed by atoms with van der Waals surface area (Å²) >= 11 is 0. The van der Waals surface area contributed by atoms with Gasteiger partial charge in [0.2, 0.25) is 0 Å². The summed E-state index contributed by atoms with van der Waals surface area (Å²) in [7, 11) is 0. The van der Waals surface area contributed by atoms with E-state index in [2.05, 4.69) is 50.3 Å². The fourth-order valence-electron chi connectivity index (χ4n) is 2.41. The minimum Gasteiger partial charge on any atom is -0.485 e. The van der Waals surface area contributed by atoms with Gasteiger partial charge in [0, 0.05) is 11.5 Å². The molecule has 0 N–H and O–H groups in total. The van der Waals surface area contributed by atoms with Crippen molar-refractivity contribution >= 4 is 0 Å². The quantitative estimate of drug-likeness (QED) is 0.621. The van der Waals surface area contributed by atoms with E-state index in [1.165, 1.54) is 16.7 Å². The van der Waals surface area contributed by atoms with E-state index in [1.54, 1.807) is 0 Å². The van der Waals surface area contributed by atoms with E-state index in [0.717, 1.165) is 5.75 Å². The Hall–Kier alpha value is -1.50. The maximum atomic E-state index is 5.96. The summed E-state index contributed by atoms with van der Waals surface area (Å²) in [4.78, 5) is 0. The van der Waals surface area contributed by atoms with Crippen LogP contribution >= 0.6 is 0 Å². The van der Waals surface area contributed by atoms with Crippen LogP contribution in [0.3, 0.4) is 0 Å². The Kier molecular flexibility index (Phi) is 1.75. The molecule has 0 amide bonds. The standard InChI is InChI=1S/C14H14O/c1-9-6-7-13-12(8-9)11-5-3-4-10(2)14(11)15-13/h3-8,12-13H,1-2H3. The summed E-state index contributed by atoms with van der Waals surface area (Å²) in [6, 6.07) is 6.40. The third-order valence-corrected chi connectivity index (χ3v) is 3.20. The Morgan fingerprint density at radius 1 is 1.20 bits per heavy atom. The van der Waals surface area contributed by atoms with Crippen LogP contribution in [0.5, 0.6) is 5.75 Å². The number of para-hydroxylation sites is 1. The Morgan fingerprint density at radius 3 is 2.93 bits per heavy atom. The van der Waals surface area contributed by atoms with Crippen molar-refractivity contribution in [2.45, 2.75) is 25.9 Å². The van der Waals surface area contributed by atoms with Crippen LogP contribution in [0.25, 0.3) is 0 Å². The van der Waals surface area contributed by atoms with Gasteiger partial charge in [-0.05, 0) is 25.5 Å². The van der Waals surface area contributed by atoms with Crippen molar-refractivity contribution in [3.05, 3.63) is 53.1 Å². The lowest BCUT2D eigenvalue weighted by Crippen LogP contribution is -2.16. The molecule has 0 aromatic heterocycles. The highest BCUT2D eigenvalue weighted by molar-refractivity contribution is 5.51. The van der Waals surface area contributed by atoms with Crippen molar-refractivity contribution in [1.29, 1.82) is 0 Å². The summed E-state index contributed by atoms with van der Waals surface area (Å²) in [6.07, 6.45) is 6.82. The van der Waals surface area contributed by atoms with Gasteiger partial charge in [-0.1, -0.05) is 35.9 Å². The topological polar surface area (TPSA) is 9.23 Å². The maximum Gasteiger partial charge on any atom is 0.128 e. The highest BCUT2D eigenvalue weighted by Crippen LogP contribution is 2.43. The van der Waals surface area contributed by atoms with E-state index in [1.807, 2.05) is 0 Å². The van der Waals surface area contributed by atoms with Crippen LogP contribution in [0, 0.1) is 6.92 Å². The van der Waals surface area contributed by atoms with Crippen molar-refractivity contribution in [3.8, 4) is 5.75 Å². The molecule has 1 nitrogen and oxygen atoms in total. The first-order chi connectivity index (χ1) is 7.25. The third kappa shape index (κ3) is 1.23. The molecule has 15 heavy (non-hydrogen) atoms. The molecule has 1 aromatic carbocycles. The van der Waals surface area contributed by atoms with Gasteiger partial charge in [-0.25, -0.2) is 0 Å². The molecule has 2 atom stereocenters. The van der Waals surface area contributed by atoms with Crippen LogP contribution in [0.1, 0.15) is 24.0 Å².